The molecule has 2 aromatic rings. The molecule has 0 aromatic heterocycles. The van der Waals surface area contributed by atoms with Crippen molar-refractivity contribution in [3.63, 3.8) is 0 Å². The highest BCUT2D eigenvalue weighted by molar-refractivity contribution is 8.15. The first-order chi connectivity index (χ1) is 16.8. The molecule has 1 unspecified atom stereocenters. The molecule has 0 aliphatic carbocycles. The van der Waals surface area contributed by atoms with Crippen molar-refractivity contribution >= 4 is 44.1 Å². The first kappa shape index (κ1) is 29.2. The van der Waals surface area contributed by atoms with Crippen LogP contribution in [0.3, 0.4) is 0 Å². The van der Waals surface area contributed by atoms with Gasteiger partial charge in [-0.05, 0) is 42.8 Å². The van der Waals surface area contributed by atoms with Crippen LogP contribution < -0.4 is 0 Å². The van der Waals surface area contributed by atoms with Gasteiger partial charge in [0.2, 0.25) is 5.04 Å². The Kier molecular flexibility index (Phi) is 12.7. The third-order valence-electron chi connectivity index (χ3n) is 5.01. The highest BCUT2D eigenvalue weighted by Gasteiger charge is 2.32. The van der Waals surface area contributed by atoms with E-state index in [2.05, 4.69) is 47.6 Å². The van der Waals surface area contributed by atoms with Crippen LogP contribution in [0.15, 0.2) is 64.6 Å². The molecule has 2 aromatic carbocycles. The van der Waals surface area contributed by atoms with Gasteiger partial charge in [0.05, 0.1) is 6.61 Å². The number of hydrogen-bond donors (Lipinski definition) is 0. The minimum Gasteiger partial charge on any atom is -0.714 e. The van der Waals surface area contributed by atoms with E-state index in [4.69, 9.17) is 4.74 Å². The summed E-state index contributed by atoms with van der Waals surface area (Å²) in [6, 6.07) is 18.3. The number of rotatable bonds is 13. The highest BCUT2D eigenvalue weighted by atomic mass is 32.3. The maximum atomic E-state index is 12.2. The van der Waals surface area contributed by atoms with Crippen LogP contribution in [0.5, 0.6) is 0 Å². The number of unbranched alkanes of at least 4 members (excludes halogenated alkanes) is 2. The number of ether oxygens (including phenoxy) is 1. The van der Waals surface area contributed by atoms with Gasteiger partial charge in [-0.1, -0.05) is 86.1 Å². The van der Waals surface area contributed by atoms with Gasteiger partial charge in [0, 0.05) is 16.0 Å². The van der Waals surface area contributed by atoms with Crippen LogP contribution in [-0.2, 0) is 35.1 Å². The molecule has 7 nitrogen and oxygen atoms in total. The number of carbonyl (C=O) groups excluding carboxylic acids is 1. The average Bonchev–Trinajstić information content (AvgIpc) is 2.84. The molecule has 0 amide bonds. The normalized spacial score (nSPS) is 13.0. The molecule has 0 fully saturated rings. The zero-order valence-corrected chi connectivity index (χ0v) is 22.8. The van der Waals surface area contributed by atoms with Crippen LogP contribution in [0.25, 0.3) is 0 Å². The fourth-order valence-corrected chi connectivity index (χ4v) is 7.40. The molecule has 0 bridgehead atoms. The van der Waals surface area contributed by atoms with E-state index in [0.29, 0.717) is 4.90 Å². The smallest absolute Gasteiger partial charge is 0.367 e. The first-order valence-corrected chi connectivity index (χ1v) is 15.4. The quantitative estimate of drug-likeness (QED) is 0.0488. The minimum atomic E-state index is -5.09. The van der Waals surface area contributed by atoms with Gasteiger partial charge < -0.3 is 9.29 Å². The third-order valence-corrected chi connectivity index (χ3v) is 9.05. The Morgan fingerprint density at radius 2 is 1.54 bits per heavy atom. The zero-order chi connectivity index (χ0) is 25.7. The largest absolute Gasteiger partial charge is 0.714 e. The van der Waals surface area contributed by atoms with E-state index in [0.717, 1.165) is 24.6 Å². The lowest BCUT2D eigenvalue weighted by Crippen LogP contribution is -2.22. The summed E-state index contributed by atoms with van der Waals surface area (Å²) in [7, 11) is -4.92. The van der Waals surface area contributed by atoms with E-state index in [-0.39, 0.29) is 27.8 Å². The summed E-state index contributed by atoms with van der Waals surface area (Å²) >= 11 is 0.879. The van der Waals surface area contributed by atoms with Gasteiger partial charge in [-0.3, -0.25) is 4.28 Å². The van der Waals surface area contributed by atoms with Gasteiger partial charge in [0.15, 0.2) is 5.25 Å². The molecule has 0 saturated carbocycles. The number of carbonyl (C=O) groups is 1. The molecule has 192 valence electrons. The fourth-order valence-electron chi connectivity index (χ4n) is 3.39. The Balaban J connectivity index is 2.35. The van der Waals surface area contributed by atoms with Gasteiger partial charge in [0.25, 0.3) is 10.4 Å². The van der Waals surface area contributed by atoms with Crippen molar-refractivity contribution in [1.82, 2.24) is 0 Å². The van der Waals surface area contributed by atoms with Crippen LogP contribution in [0.4, 0.5) is 0 Å². The maximum absolute atomic E-state index is 12.2. The van der Waals surface area contributed by atoms with E-state index in [1.807, 2.05) is 30.3 Å². The second kappa shape index (κ2) is 15.2. The molecule has 0 saturated heterocycles. The Morgan fingerprint density at radius 1 is 0.971 bits per heavy atom. The number of oxime groups is 1. The van der Waals surface area contributed by atoms with Crippen molar-refractivity contribution in [2.75, 3.05) is 18.1 Å². The lowest BCUT2D eigenvalue weighted by atomic mass is 10.0. The Bertz CT molecular complexity index is 1030. The second-order valence-corrected chi connectivity index (χ2v) is 12.1. The Hall–Kier alpha value is -2.01. The Labute approximate surface area is 216 Å². The van der Waals surface area contributed by atoms with Crippen molar-refractivity contribution in [3.05, 3.63) is 65.7 Å². The first-order valence-electron chi connectivity index (χ1n) is 11.7. The molecule has 1 atom stereocenters. The van der Waals surface area contributed by atoms with E-state index >= 15 is 0 Å². The van der Waals surface area contributed by atoms with E-state index < -0.39 is 16.4 Å². The number of benzene rings is 2. The van der Waals surface area contributed by atoms with Gasteiger partial charge in [-0.25, -0.2) is 4.79 Å². The minimum absolute atomic E-state index is 0.0675. The zero-order valence-electron chi connectivity index (χ0n) is 20.3. The summed E-state index contributed by atoms with van der Waals surface area (Å²) in [5.74, 6) is 1.48. The molecule has 10 heteroatoms. The number of nitrogens with zero attached hydrogens (tertiary/aromatic N) is 1. The summed E-state index contributed by atoms with van der Waals surface area (Å²) in [6.07, 6.45) is 4.69. The summed E-state index contributed by atoms with van der Waals surface area (Å²) < 4.78 is 41.2. The van der Waals surface area contributed by atoms with Crippen LogP contribution in [0.2, 0.25) is 0 Å². The van der Waals surface area contributed by atoms with Crippen LogP contribution >= 0.6 is 11.8 Å². The standard InChI is InChI=1S/C25H33NO6S3/c1-4-7-18-34(19-8-5-2)23(20-12-10-9-11-13-20)21-14-16-22(17-15-21)33-24(25(27)31-6-3)26-32-35(28,29)30/h9-17,23H,4-8,18-19H2,1-3H3/b26-24-. The van der Waals surface area contributed by atoms with Gasteiger partial charge >= 0.3 is 5.97 Å². The lowest BCUT2D eigenvalue weighted by Gasteiger charge is -2.21. The predicted octanol–water partition coefficient (Wildman–Crippen LogP) is 5.44. The topological polar surface area (TPSA) is 105 Å². The summed E-state index contributed by atoms with van der Waals surface area (Å²) in [4.78, 5) is 12.8. The lowest BCUT2D eigenvalue weighted by molar-refractivity contribution is -0.134. The van der Waals surface area contributed by atoms with Crippen molar-refractivity contribution in [1.29, 1.82) is 0 Å². The predicted molar refractivity (Wildman–Crippen MR) is 142 cm³/mol. The second-order valence-electron chi connectivity index (χ2n) is 7.71. The molecular formula is C25H33NO6S3. The molecule has 0 N–H and O–H groups in total. The monoisotopic (exact) mass is 539 g/mol. The van der Waals surface area contributed by atoms with Crippen molar-refractivity contribution in [2.24, 2.45) is 5.16 Å². The van der Waals surface area contributed by atoms with Crippen LogP contribution in [0.1, 0.15) is 62.8 Å². The number of esters is 1. The number of thioether (sulfide) groups is 1. The van der Waals surface area contributed by atoms with E-state index in [1.54, 1.807) is 6.92 Å². The van der Waals surface area contributed by atoms with E-state index in [9.17, 15) is 17.8 Å². The van der Waals surface area contributed by atoms with Crippen LogP contribution in [0, 0.1) is 0 Å². The highest BCUT2D eigenvalue weighted by Crippen LogP contribution is 2.35. The van der Waals surface area contributed by atoms with E-state index in [1.165, 1.54) is 35.5 Å². The number of hydrogen-bond acceptors (Lipinski definition) is 8. The molecule has 35 heavy (non-hydrogen) atoms. The summed E-state index contributed by atoms with van der Waals surface area (Å²) in [6.45, 7) is 6.11. The van der Waals surface area contributed by atoms with Crippen LogP contribution in [-0.4, -0.2) is 42.1 Å². The molecule has 0 spiro atoms. The average molecular weight is 540 g/mol. The fraction of sp³-hybridized carbons (Fsp3) is 0.440. The maximum Gasteiger partial charge on any atom is 0.367 e. The molecule has 0 aliphatic heterocycles. The Morgan fingerprint density at radius 3 is 2.06 bits per heavy atom. The van der Waals surface area contributed by atoms with Gasteiger partial charge in [0.1, 0.15) is 11.5 Å². The molecule has 0 aliphatic rings. The summed E-state index contributed by atoms with van der Waals surface area (Å²) in [5.41, 5.74) is 2.47. The summed E-state index contributed by atoms with van der Waals surface area (Å²) in [5, 5.41) is 3.11. The van der Waals surface area contributed by atoms with Gasteiger partial charge in [-0.15, -0.1) is 0 Å². The molecule has 0 heterocycles. The third kappa shape index (κ3) is 10.2. The molecule has 2 rings (SSSR count). The SMILES string of the molecule is CCCC[S+](CCCC)C(c1ccccc1)c1ccc(S/C(=N\OS(=O)(=O)[O-])C(=O)OCC)cc1. The molecular weight excluding hydrogens is 506 g/mol. The van der Waals surface area contributed by atoms with Crippen molar-refractivity contribution in [3.8, 4) is 0 Å². The van der Waals surface area contributed by atoms with Crippen molar-refractivity contribution in [2.45, 2.75) is 56.6 Å². The molecule has 0 radical (unpaired) electrons. The van der Waals surface area contributed by atoms with Gasteiger partial charge in [-0.2, -0.15) is 8.42 Å². The van der Waals surface area contributed by atoms with Crippen molar-refractivity contribution < 1.29 is 26.8 Å².